The number of likely N-dealkylation sites (tertiary alicyclic amines) is 1. The molecule has 0 saturated carbocycles. The summed E-state index contributed by atoms with van der Waals surface area (Å²) in [7, 11) is 0. The lowest BCUT2D eigenvalue weighted by atomic mass is 10.0. The molecule has 2 aromatic carbocycles. The Morgan fingerprint density at radius 3 is 2.63 bits per heavy atom. The van der Waals surface area contributed by atoms with Crippen LogP contribution in [0, 0.1) is 0 Å². The van der Waals surface area contributed by atoms with Gasteiger partial charge in [0.2, 0.25) is 0 Å². The number of carbonyl (C=O) groups is 2. The SMILES string of the molecule is O=C(NC1CCN(C(=O)Nc2ccc3sncc3c2)CC1)c1ccccc1. The highest BCUT2D eigenvalue weighted by molar-refractivity contribution is 7.13. The van der Waals surface area contributed by atoms with Crippen molar-refractivity contribution >= 4 is 39.2 Å². The molecule has 0 unspecified atom stereocenters. The van der Waals surface area contributed by atoms with Crippen molar-refractivity contribution in [2.45, 2.75) is 18.9 Å². The van der Waals surface area contributed by atoms with E-state index in [9.17, 15) is 9.59 Å². The number of nitrogens with one attached hydrogen (secondary N) is 2. The first-order valence-corrected chi connectivity index (χ1v) is 9.73. The quantitative estimate of drug-likeness (QED) is 0.727. The van der Waals surface area contributed by atoms with Gasteiger partial charge in [0.25, 0.3) is 5.91 Å². The van der Waals surface area contributed by atoms with Gasteiger partial charge in [-0.25, -0.2) is 4.79 Å². The molecule has 0 radical (unpaired) electrons. The number of hydrogen-bond donors (Lipinski definition) is 2. The molecule has 1 aliphatic heterocycles. The average molecular weight is 380 g/mol. The highest BCUT2D eigenvalue weighted by Crippen LogP contribution is 2.22. The summed E-state index contributed by atoms with van der Waals surface area (Å²) < 4.78 is 5.25. The molecule has 4 rings (SSSR count). The molecule has 0 aliphatic carbocycles. The zero-order valence-corrected chi connectivity index (χ0v) is 15.5. The van der Waals surface area contributed by atoms with Crippen LogP contribution in [0.5, 0.6) is 0 Å². The van der Waals surface area contributed by atoms with E-state index in [-0.39, 0.29) is 18.0 Å². The van der Waals surface area contributed by atoms with Crippen molar-refractivity contribution in [3.63, 3.8) is 0 Å². The van der Waals surface area contributed by atoms with Gasteiger partial charge < -0.3 is 15.5 Å². The highest BCUT2D eigenvalue weighted by atomic mass is 32.1. The zero-order valence-electron chi connectivity index (χ0n) is 14.7. The third-order valence-corrected chi connectivity index (χ3v) is 5.54. The molecule has 2 N–H and O–H groups in total. The molecule has 1 aromatic heterocycles. The van der Waals surface area contributed by atoms with Gasteiger partial charge >= 0.3 is 6.03 Å². The number of rotatable bonds is 3. The van der Waals surface area contributed by atoms with Gasteiger partial charge in [-0.05, 0) is 54.7 Å². The minimum absolute atomic E-state index is 0.0591. The van der Waals surface area contributed by atoms with Crippen LogP contribution in [0.3, 0.4) is 0 Å². The summed E-state index contributed by atoms with van der Waals surface area (Å²) in [5.41, 5.74) is 1.43. The maximum Gasteiger partial charge on any atom is 0.321 e. The molecule has 3 aromatic rings. The molecule has 6 nitrogen and oxygen atoms in total. The van der Waals surface area contributed by atoms with Gasteiger partial charge in [0, 0.05) is 42.0 Å². The van der Waals surface area contributed by atoms with Crippen LogP contribution in [-0.2, 0) is 0 Å². The molecular weight excluding hydrogens is 360 g/mol. The van der Waals surface area contributed by atoms with E-state index in [1.54, 1.807) is 23.2 Å². The van der Waals surface area contributed by atoms with E-state index in [1.807, 2.05) is 36.4 Å². The molecule has 0 atom stereocenters. The number of fused-ring (bicyclic) bond motifs is 1. The number of amides is 3. The Morgan fingerprint density at radius 2 is 1.85 bits per heavy atom. The standard InChI is InChI=1S/C20H20N4O2S/c25-19(14-4-2-1-3-5-14)22-16-8-10-24(11-9-16)20(26)23-17-6-7-18-15(12-17)13-21-27-18/h1-7,12-13,16H,8-11H2,(H,22,25)(H,23,26). The number of carbonyl (C=O) groups excluding carboxylic acids is 2. The molecule has 138 valence electrons. The van der Waals surface area contributed by atoms with Crippen molar-refractivity contribution in [1.82, 2.24) is 14.6 Å². The first-order valence-electron chi connectivity index (χ1n) is 8.95. The van der Waals surface area contributed by atoms with Crippen LogP contribution >= 0.6 is 11.5 Å². The van der Waals surface area contributed by atoms with Gasteiger partial charge in [-0.15, -0.1) is 0 Å². The minimum atomic E-state index is -0.106. The maximum atomic E-state index is 12.5. The Hall–Kier alpha value is -2.93. The summed E-state index contributed by atoms with van der Waals surface area (Å²) in [6, 6.07) is 15.0. The lowest BCUT2D eigenvalue weighted by Gasteiger charge is -2.32. The van der Waals surface area contributed by atoms with Crippen molar-refractivity contribution in [3.05, 3.63) is 60.3 Å². The summed E-state index contributed by atoms with van der Waals surface area (Å²) in [6.07, 6.45) is 3.30. The Balaban J connectivity index is 1.29. The van der Waals surface area contributed by atoms with Crippen molar-refractivity contribution in [2.75, 3.05) is 18.4 Å². The van der Waals surface area contributed by atoms with E-state index >= 15 is 0 Å². The van der Waals surface area contributed by atoms with Crippen molar-refractivity contribution in [1.29, 1.82) is 0 Å². The van der Waals surface area contributed by atoms with E-state index in [2.05, 4.69) is 15.0 Å². The van der Waals surface area contributed by atoms with Crippen LogP contribution in [0.25, 0.3) is 10.1 Å². The highest BCUT2D eigenvalue weighted by Gasteiger charge is 2.24. The van der Waals surface area contributed by atoms with Crippen LogP contribution in [0.4, 0.5) is 10.5 Å². The number of anilines is 1. The molecule has 7 heteroatoms. The van der Waals surface area contributed by atoms with E-state index < -0.39 is 0 Å². The Bertz CT molecular complexity index is 949. The topological polar surface area (TPSA) is 74.3 Å². The van der Waals surface area contributed by atoms with Crippen molar-refractivity contribution in [2.24, 2.45) is 0 Å². The smallest absolute Gasteiger partial charge is 0.321 e. The molecule has 2 heterocycles. The van der Waals surface area contributed by atoms with E-state index in [1.165, 1.54) is 11.5 Å². The fourth-order valence-electron chi connectivity index (χ4n) is 3.24. The van der Waals surface area contributed by atoms with E-state index in [0.29, 0.717) is 18.7 Å². The molecule has 1 saturated heterocycles. The summed E-state index contributed by atoms with van der Waals surface area (Å²) in [4.78, 5) is 26.5. The Kier molecular flexibility index (Phi) is 5.02. The average Bonchev–Trinajstić information content (AvgIpc) is 3.17. The van der Waals surface area contributed by atoms with Crippen LogP contribution < -0.4 is 10.6 Å². The van der Waals surface area contributed by atoms with E-state index in [4.69, 9.17) is 0 Å². The first-order chi connectivity index (χ1) is 13.2. The van der Waals surface area contributed by atoms with Crippen molar-refractivity contribution in [3.8, 4) is 0 Å². The number of aromatic nitrogens is 1. The maximum absolute atomic E-state index is 12.5. The molecule has 1 fully saturated rings. The van der Waals surface area contributed by atoms with Gasteiger partial charge in [-0.2, -0.15) is 4.37 Å². The van der Waals surface area contributed by atoms with Crippen LogP contribution in [0.15, 0.2) is 54.7 Å². The second-order valence-electron chi connectivity index (χ2n) is 6.61. The molecule has 27 heavy (non-hydrogen) atoms. The van der Waals surface area contributed by atoms with Crippen molar-refractivity contribution < 1.29 is 9.59 Å². The number of nitrogens with zero attached hydrogens (tertiary/aromatic N) is 2. The number of benzene rings is 2. The van der Waals surface area contributed by atoms with Crippen LogP contribution in [0.2, 0.25) is 0 Å². The summed E-state index contributed by atoms with van der Waals surface area (Å²) in [6.45, 7) is 1.24. The summed E-state index contributed by atoms with van der Waals surface area (Å²) in [5.74, 6) is -0.0591. The number of hydrogen-bond acceptors (Lipinski definition) is 4. The monoisotopic (exact) mass is 380 g/mol. The molecule has 1 aliphatic rings. The summed E-state index contributed by atoms with van der Waals surface area (Å²) >= 11 is 1.44. The predicted octanol–water partition coefficient (Wildman–Crippen LogP) is 3.72. The van der Waals surface area contributed by atoms with Crippen LogP contribution in [-0.4, -0.2) is 40.3 Å². The lowest BCUT2D eigenvalue weighted by Crippen LogP contribution is -2.47. The third kappa shape index (κ3) is 4.09. The van der Waals surface area contributed by atoms with Gasteiger partial charge in [0.15, 0.2) is 0 Å². The van der Waals surface area contributed by atoms with Crippen LogP contribution in [0.1, 0.15) is 23.2 Å². The molecular formula is C20H20N4O2S. The second kappa shape index (κ2) is 7.75. The number of urea groups is 1. The third-order valence-electron chi connectivity index (χ3n) is 4.76. The molecule has 0 bridgehead atoms. The normalized spacial score (nSPS) is 14.9. The van der Waals surface area contributed by atoms with Gasteiger partial charge in [-0.1, -0.05) is 18.2 Å². The molecule has 0 spiro atoms. The fraction of sp³-hybridized carbons (Fsp3) is 0.250. The first kappa shape index (κ1) is 17.5. The Morgan fingerprint density at radius 1 is 1.07 bits per heavy atom. The van der Waals surface area contributed by atoms with Gasteiger partial charge in [0.1, 0.15) is 0 Å². The fourth-order valence-corrected chi connectivity index (χ4v) is 3.86. The lowest BCUT2D eigenvalue weighted by molar-refractivity contribution is 0.0919. The van der Waals surface area contributed by atoms with Gasteiger partial charge in [0.05, 0.1) is 4.70 Å². The second-order valence-corrected chi connectivity index (χ2v) is 7.44. The predicted molar refractivity (Wildman–Crippen MR) is 107 cm³/mol. The molecule has 3 amide bonds. The minimum Gasteiger partial charge on any atom is -0.349 e. The zero-order chi connectivity index (χ0) is 18.6. The number of piperidine rings is 1. The summed E-state index contributed by atoms with van der Waals surface area (Å²) in [5, 5.41) is 7.04. The van der Waals surface area contributed by atoms with E-state index in [0.717, 1.165) is 28.6 Å². The largest absolute Gasteiger partial charge is 0.349 e. The van der Waals surface area contributed by atoms with Gasteiger partial charge in [-0.3, -0.25) is 4.79 Å². The Labute approximate surface area is 161 Å².